The maximum Gasteiger partial charge on any atom is 0.262 e. The van der Waals surface area contributed by atoms with E-state index in [9.17, 15) is 9.59 Å². The summed E-state index contributed by atoms with van der Waals surface area (Å²) in [5.41, 5.74) is 2.58. The van der Waals surface area contributed by atoms with Gasteiger partial charge in [-0.1, -0.05) is 48.5 Å². The molecule has 7 heteroatoms. The van der Waals surface area contributed by atoms with Crippen molar-refractivity contribution in [3.05, 3.63) is 83.9 Å². The smallest absolute Gasteiger partial charge is 0.262 e. The van der Waals surface area contributed by atoms with Crippen molar-refractivity contribution >= 4 is 17.5 Å². The zero-order valence-corrected chi connectivity index (χ0v) is 19.3. The van der Waals surface area contributed by atoms with Crippen molar-refractivity contribution in [1.82, 2.24) is 5.32 Å². The molecule has 1 heterocycles. The Labute approximate surface area is 199 Å². The van der Waals surface area contributed by atoms with Gasteiger partial charge in [0, 0.05) is 6.54 Å². The van der Waals surface area contributed by atoms with E-state index < -0.39 is 6.10 Å². The number of nitrogens with zero attached hydrogens (tertiary/aromatic N) is 1. The third-order valence-electron chi connectivity index (χ3n) is 5.73. The lowest BCUT2D eigenvalue weighted by Gasteiger charge is -2.34. The second-order valence-corrected chi connectivity index (χ2v) is 7.97. The van der Waals surface area contributed by atoms with Gasteiger partial charge in [0.1, 0.15) is 5.75 Å². The Bertz CT molecular complexity index is 1150. The van der Waals surface area contributed by atoms with Crippen molar-refractivity contribution in [3.8, 4) is 17.2 Å². The molecule has 1 atom stereocenters. The summed E-state index contributed by atoms with van der Waals surface area (Å²) in [5, 5.41) is 2.94. The molecule has 34 heavy (non-hydrogen) atoms. The molecule has 1 N–H and O–H groups in total. The van der Waals surface area contributed by atoms with E-state index in [0.717, 1.165) is 17.5 Å². The third kappa shape index (κ3) is 5.31. The summed E-state index contributed by atoms with van der Waals surface area (Å²) in [4.78, 5) is 27.8. The van der Waals surface area contributed by atoms with Crippen LogP contribution >= 0.6 is 0 Å². The molecule has 4 rings (SSSR count). The summed E-state index contributed by atoms with van der Waals surface area (Å²) in [5.74, 6) is 1.30. The van der Waals surface area contributed by atoms with Gasteiger partial charge in [0.15, 0.2) is 17.6 Å². The highest BCUT2D eigenvalue weighted by molar-refractivity contribution is 5.98. The minimum Gasteiger partial charge on any atom is -0.493 e. The van der Waals surface area contributed by atoms with Gasteiger partial charge in [0.25, 0.3) is 5.91 Å². The van der Waals surface area contributed by atoms with Crippen LogP contribution in [0.15, 0.2) is 72.8 Å². The van der Waals surface area contributed by atoms with E-state index in [1.807, 2.05) is 54.6 Å². The molecule has 0 radical (unpaired) electrons. The van der Waals surface area contributed by atoms with Gasteiger partial charge in [-0.2, -0.15) is 0 Å². The summed E-state index contributed by atoms with van der Waals surface area (Å²) in [6, 6.07) is 22.6. The molecule has 0 aliphatic carbocycles. The molecule has 0 fully saturated rings. The number of para-hydroxylation sites is 2. The van der Waals surface area contributed by atoms with Crippen LogP contribution in [0.4, 0.5) is 5.69 Å². The molecule has 3 aromatic carbocycles. The van der Waals surface area contributed by atoms with E-state index in [0.29, 0.717) is 29.5 Å². The van der Waals surface area contributed by atoms with Gasteiger partial charge in [0.05, 0.1) is 32.9 Å². The molecule has 3 aromatic rings. The fourth-order valence-electron chi connectivity index (χ4n) is 3.96. The number of nitrogens with one attached hydrogen (secondary N) is 1. The largest absolute Gasteiger partial charge is 0.493 e. The fourth-order valence-corrected chi connectivity index (χ4v) is 3.96. The van der Waals surface area contributed by atoms with Crippen LogP contribution in [0.2, 0.25) is 0 Å². The first-order valence-corrected chi connectivity index (χ1v) is 11.2. The Morgan fingerprint density at radius 1 is 0.941 bits per heavy atom. The Hall–Kier alpha value is -4.00. The van der Waals surface area contributed by atoms with Gasteiger partial charge < -0.3 is 24.4 Å². The van der Waals surface area contributed by atoms with Gasteiger partial charge in [-0.3, -0.25) is 9.59 Å². The van der Waals surface area contributed by atoms with Gasteiger partial charge in [-0.15, -0.1) is 0 Å². The van der Waals surface area contributed by atoms with Crippen molar-refractivity contribution in [2.45, 2.75) is 18.9 Å². The lowest BCUT2D eigenvalue weighted by atomic mass is 10.1. The van der Waals surface area contributed by atoms with Crippen LogP contribution in [0.1, 0.15) is 11.1 Å². The summed E-state index contributed by atoms with van der Waals surface area (Å²) >= 11 is 0. The SMILES string of the molecule is COc1ccc(CC(=O)N2C[C@H](C(=O)NCCc3ccccc3)Oc3ccccc32)cc1OC. The zero-order valence-electron chi connectivity index (χ0n) is 19.3. The number of benzene rings is 3. The minimum absolute atomic E-state index is 0.134. The molecule has 1 aliphatic rings. The summed E-state index contributed by atoms with van der Waals surface area (Å²) in [6.07, 6.45) is 0.0783. The van der Waals surface area contributed by atoms with E-state index >= 15 is 0 Å². The molecule has 1 aliphatic heterocycles. The lowest BCUT2D eigenvalue weighted by molar-refractivity contribution is -0.128. The second-order valence-electron chi connectivity index (χ2n) is 7.97. The Morgan fingerprint density at radius 3 is 2.44 bits per heavy atom. The van der Waals surface area contributed by atoms with Gasteiger partial charge in [0.2, 0.25) is 5.91 Å². The van der Waals surface area contributed by atoms with Crippen molar-refractivity contribution in [2.75, 3.05) is 32.2 Å². The molecule has 2 amide bonds. The number of rotatable bonds is 8. The molecule has 0 unspecified atom stereocenters. The van der Waals surface area contributed by atoms with Crippen molar-refractivity contribution in [1.29, 1.82) is 0 Å². The normalized spacial score (nSPS) is 14.5. The highest BCUT2D eigenvalue weighted by Crippen LogP contribution is 2.34. The molecule has 0 saturated heterocycles. The molecule has 176 valence electrons. The number of fused-ring (bicyclic) bond motifs is 1. The molecule has 0 bridgehead atoms. The van der Waals surface area contributed by atoms with Crippen LogP contribution in [0.25, 0.3) is 0 Å². The average Bonchev–Trinajstić information content (AvgIpc) is 2.88. The zero-order chi connectivity index (χ0) is 23.9. The quantitative estimate of drug-likeness (QED) is 0.558. The number of carbonyl (C=O) groups excluding carboxylic acids is 2. The number of carbonyl (C=O) groups is 2. The highest BCUT2D eigenvalue weighted by Gasteiger charge is 2.33. The first-order chi connectivity index (χ1) is 16.6. The number of anilines is 1. The molecule has 0 aromatic heterocycles. The van der Waals surface area contributed by atoms with Crippen LogP contribution in [-0.2, 0) is 22.4 Å². The molecule has 0 spiro atoms. The highest BCUT2D eigenvalue weighted by atomic mass is 16.5. The number of hydrogen-bond acceptors (Lipinski definition) is 5. The monoisotopic (exact) mass is 460 g/mol. The first kappa shape index (κ1) is 23.2. The van der Waals surface area contributed by atoms with E-state index in [1.165, 1.54) is 0 Å². The fraction of sp³-hybridized carbons (Fsp3) is 0.259. The maximum absolute atomic E-state index is 13.3. The van der Waals surface area contributed by atoms with Crippen molar-refractivity contribution in [2.24, 2.45) is 0 Å². The van der Waals surface area contributed by atoms with Crippen LogP contribution in [-0.4, -0.2) is 45.2 Å². The number of methoxy groups -OCH3 is 2. The van der Waals surface area contributed by atoms with Crippen LogP contribution in [0, 0.1) is 0 Å². The lowest BCUT2D eigenvalue weighted by Crippen LogP contribution is -2.51. The molecular weight excluding hydrogens is 432 g/mol. The van der Waals surface area contributed by atoms with E-state index in [1.54, 1.807) is 37.3 Å². The number of ether oxygens (including phenoxy) is 3. The maximum atomic E-state index is 13.3. The van der Waals surface area contributed by atoms with Gasteiger partial charge in [-0.25, -0.2) is 0 Å². The van der Waals surface area contributed by atoms with Crippen molar-refractivity contribution in [3.63, 3.8) is 0 Å². The Morgan fingerprint density at radius 2 is 1.68 bits per heavy atom. The van der Waals surface area contributed by atoms with E-state index in [-0.39, 0.29) is 24.8 Å². The van der Waals surface area contributed by atoms with Crippen LogP contribution in [0.5, 0.6) is 17.2 Å². The minimum atomic E-state index is -0.792. The summed E-state index contributed by atoms with van der Waals surface area (Å²) in [7, 11) is 3.13. The standard InChI is InChI=1S/C27H28N2O5/c1-32-23-13-12-20(16-24(23)33-2)17-26(30)29-18-25(34-22-11-7-6-10-21(22)29)27(31)28-15-14-19-8-4-3-5-9-19/h3-13,16,25H,14-15,17-18H2,1-2H3,(H,28,31)/t25-/m1/s1. The number of hydrogen-bond donors (Lipinski definition) is 1. The summed E-state index contributed by atoms with van der Waals surface area (Å²) < 4.78 is 16.6. The summed E-state index contributed by atoms with van der Waals surface area (Å²) in [6.45, 7) is 0.629. The van der Waals surface area contributed by atoms with Crippen molar-refractivity contribution < 1.29 is 23.8 Å². The first-order valence-electron chi connectivity index (χ1n) is 11.2. The predicted octanol–water partition coefficient (Wildman–Crippen LogP) is 3.40. The Kier molecular flexibility index (Phi) is 7.32. The van der Waals surface area contributed by atoms with Gasteiger partial charge in [-0.05, 0) is 41.8 Å². The molecular formula is C27H28N2O5. The molecule has 7 nitrogen and oxygen atoms in total. The topological polar surface area (TPSA) is 77.1 Å². The van der Waals surface area contributed by atoms with E-state index in [2.05, 4.69) is 5.32 Å². The van der Waals surface area contributed by atoms with Crippen LogP contribution in [0.3, 0.4) is 0 Å². The van der Waals surface area contributed by atoms with Crippen LogP contribution < -0.4 is 24.4 Å². The van der Waals surface area contributed by atoms with E-state index in [4.69, 9.17) is 14.2 Å². The predicted molar refractivity (Wildman–Crippen MR) is 130 cm³/mol. The molecule has 0 saturated carbocycles. The number of amides is 2. The second kappa shape index (κ2) is 10.7. The van der Waals surface area contributed by atoms with Gasteiger partial charge >= 0.3 is 0 Å². The Balaban J connectivity index is 1.46. The third-order valence-corrected chi connectivity index (χ3v) is 5.73. The average molecular weight is 461 g/mol.